The van der Waals surface area contributed by atoms with Gasteiger partial charge in [0.15, 0.2) is 11.5 Å². The fourth-order valence-corrected chi connectivity index (χ4v) is 4.01. The van der Waals surface area contributed by atoms with E-state index in [-0.39, 0.29) is 11.3 Å². The van der Waals surface area contributed by atoms with Crippen LogP contribution in [0.15, 0.2) is 48.0 Å². The average Bonchev–Trinajstić information content (AvgIpc) is 2.80. The molecule has 0 aromatic heterocycles. The van der Waals surface area contributed by atoms with Crippen LogP contribution in [0.25, 0.3) is 6.08 Å². The monoisotopic (exact) mass is 548 g/mol. The predicted molar refractivity (Wildman–Crippen MR) is 130 cm³/mol. The summed E-state index contributed by atoms with van der Waals surface area (Å²) in [6.45, 7) is 4.96. The number of benzene rings is 2. The Morgan fingerprint density at radius 2 is 2.00 bits per heavy atom. The van der Waals surface area contributed by atoms with Gasteiger partial charge in [-0.3, -0.25) is 0 Å². The molecule has 0 radical (unpaired) electrons. The van der Waals surface area contributed by atoms with Crippen LogP contribution in [0.5, 0.6) is 11.5 Å². The maximum Gasteiger partial charge on any atom is 0.354 e. The first-order chi connectivity index (χ1) is 15.0. The van der Waals surface area contributed by atoms with Crippen LogP contribution >= 0.6 is 34.8 Å². The molecule has 0 amide bonds. The molecule has 1 aliphatic heterocycles. The third kappa shape index (κ3) is 6.03. The van der Waals surface area contributed by atoms with Crippen LogP contribution in [-0.2, 0) is 9.53 Å². The van der Waals surface area contributed by atoms with Gasteiger partial charge in [-0.1, -0.05) is 42.5 Å². The van der Waals surface area contributed by atoms with Crippen LogP contribution in [0.3, 0.4) is 0 Å². The van der Waals surface area contributed by atoms with Gasteiger partial charge in [0.25, 0.3) is 0 Å². The van der Waals surface area contributed by atoms with Crippen LogP contribution in [0.2, 0.25) is 0 Å². The number of carbonyl (C=O) groups is 1. The molecule has 0 unspecified atom stereocenters. The summed E-state index contributed by atoms with van der Waals surface area (Å²) in [4.78, 5) is 15.5. The lowest BCUT2D eigenvalue weighted by Crippen LogP contribution is -2.40. The van der Waals surface area contributed by atoms with Crippen LogP contribution < -0.4 is 9.47 Å². The number of ether oxygens (including phenoxy) is 3. The summed E-state index contributed by atoms with van der Waals surface area (Å²) in [7, 11) is 0. The molecule has 6 nitrogen and oxygen atoms in total. The predicted octanol–water partition coefficient (Wildman–Crippen LogP) is 4.21. The molecular formula is C23H21IN2O4S. The van der Waals surface area contributed by atoms with Gasteiger partial charge in [-0.15, -0.1) is 0 Å². The molecule has 8 heteroatoms. The number of nitriles is 1. The van der Waals surface area contributed by atoms with E-state index < -0.39 is 5.97 Å². The molecule has 3 rings (SSSR count). The van der Waals surface area contributed by atoms with Crippen molar-refractivity contribution in [1.29, 1.82) is 5.26 Å². The van der Waals surface area contributed by atoms with Crippen molar-refractivity contribution in [2.45, 2.75) is 6.92 Å². The zero-order valence-electron chi connectivity index (χ0n) is 17.0. The van der Waals surface area contributed by atoms with E-state index in [1.54, 1.807) is 18.2 Å². The number of thiocarbonyl (C=S) groups is 1. The summed E-state index contributed by atoms with van der Waals surface area (Å²) in [5, 5.41) is 9.45. The lowest BCUT2D eigenvalue weighted by molar-refractivity contribution is -0.129. The minimum atomic E-state index is -0.742. The van der Waals surface area contributed by atoms with Crippen molar-refractivity contribution in [2.24, 2.45) is 0 Å². The zero-order chi connectivity index (χ0) is 22.2. The van der Waals surface area contributed by atoms with Gasteiger partial charge in [-0.2, -0.15) is 5.26 Å². The minimum absolute atomic E-state index is 0.0997. The largest absolute Gasteiger partial charge is 0.490 e. The van der Waals surface area contributed by atoms with Crippen LogP contribution in [-0.4, -0.2) is 48.8 Å². The number of nitrogens with zero attached hydrogens (tertiary/aromatic N) is 2. The maximum atomic E-state index is 12.7. The van der Waals surface area contributed by atoms with Crippen molar-refractivity contribution in [3.8, 4) is 17.6 Å². The zero-order valence-corrected chi connectivity index (χ0v) is 19.9. The van der Waals surface area contributed by atoms with Crippen LogP contribution in [0.1, 0.15) is 18.1 Å². The van der Waals surface area contributed by atoms with E-state index >= 15 is 0 Å². The number of carbonyl (C=O) groups excluding carboxylic acids is 1. The highest BCUT2D eigenvalue weighted by Gasteiger charge is 2.22. The molecule has 160 valence electrons. The van der Waals surface area contributed by atoms with Crippen molar-refractivity contribution in [1.82, 2.24) is 4.90 Å². The van der Waals surface area contributed by atoms with Gasteiger partial charge in [-0.25, -0.2) is 4.79 Å². The second-order valence-electron chi connectivity index (χ2n) is 6.59. The number of hydrogen-bond donors (Lipinski definition) is 0. The van der Waals surface area contributed by atoms with E-state index in [1.165, 1.54) is 6.08 Å². The lowest BCUT2D eigenvalue weighted by Gasteiger charge is -2.29. The highest BCUT2D eigenvalue weighted by molar-refractivity contribution is 14.1. The molecule has 0 atom stereocenters. The molecule has 2 aromatic carbocycles. The normalized spacial score (nSPS) is 14.0. The Morgan fingerprint density at radius 3 is 2.65 bits per heavy atom. The first-order valence-corrected chi connectivity index (χ1v) is 11.2. The van der Waals surface area contributed by atoms with E-state index in [4.69, 9.17) is 26.4 Å². The Hall–Kier alpha value is -2.48. The number of morpholine rings is 1. The highest BCUT2D eigenvalue weighted by atomic mass is 127. The fraction of sp³-hybridized carbons (Fsp3) is 0.261. The fourth-order valence-electron chi connectivity index (χ4n) is 3.00. The van der Waals surface area contributed by atoms with Gasteiger partial charge in [0.1, 0.15) is 16.6 Å². The molecule has 1 aliphatic rings. The van der Waals surface area contributed by atoms with Crippen molar-refractivity contribution in [2.75, 3.05) is 32.9 Å². The Balaban J connectivity index is 1.88. The van der Waals surface area contributed by atoms with E-state index in [0.29, 0.717) is 34.1 Å². The van der Waals surface area contributed by atoms with E-state index in [0.717, 1.165) is 24.2 Å². The molecule has 1 saturated heterocycles. The van der Waals surface area contributed by atoms with E-state index in [2.05, 4.69) is 27.5 Å². The first-order valence-electron chi connectivity index (χ1n) is 9.76. The van der Waals surface area contributed by atoms with E-state index in [9.17, 15) is 10.1 Å². The summed E-state index contributed by atoms with van der Waals surface area (Å²) >= 11 is 7.75. The Kier molecular flexibility index (Phi) is 8.40. The van der Waals surface area contributed by atoms with Crippen molar-refractivity contribution >= 4 is 51.8 Å². The lowest BCUT2D eigenvalue weighted by atomic mass is 10.1. The molecule has 0 N–H and O–H groups in total. The summed E-state index contributed by atoms with van der Waals surface area (Å²) in [6.07, 6.45) is 1.50. The highest BCUT2D eigenvalue weighted by Crippen LogP contribution is 2.35. The average molecular weight is 548 g/mol. The molecule has 31 heavy (non-hydrogen) atoms. The third-order valence-corrected chi connectivity index (χ3v) is 5.80. The molecule has 1 fully saturated rings. The summed E-state index contributed by atoms with van der Waals surface area (Å²) < 4.78 is 17.4. The van der Waals surface area contributed by atoms with Crippen LogP contribution in [0, 0.1) is 14.9 Å². The van der Waals surface area contributed by atoms with Gasteiger partial charge in [-0.05, 0) is 53.3 Å². The summed E-state index contributed by atoms with van der Waals surface area (Å²) in [6, 6.07) is 14.7. The molecule has 1 heterocycles. The van der Waals surface area contributed by atoms with Crippen LogP contribution in [0.4, 0.5) is 0 Å². The quantitative estimate of drug-likeness (QED) is 0.134. The van der Waals surface area contributed by atoms with Gasteiger partial charge in [0, 0.05) is 18.7 Å². The van der Waals surface area contributed by atoms with Gasteiger partial charge < -0.3 is 19.1 Å². The minimum Gasteiger partial charge on any atom is -0.490 e. The van der Waals surface area contributed by atoms with E-state index in [1.807, 2.05) is 37.3 Å². The molecule has 0 bridgehead atoms. The molecule has 0 aliphatic carbocycles. The Labute approximate surface area is 200 Å². The first kappa shape index (κ1) is 23.2. The topological polar surface area (TPSA) is 71.8 Å². The molecule has 0 saturated carbocycles. The molecular weight excluding hydrogens is 527 g/mol. The maximum absolute atomic E-state index is 12.7. The number of esters is 1. The third-order valence-electron chi connectivity index (χ3n) is 4.50. The molecule has 0 spiro atoms. The summed E-state index contributed by atoms with van der Waals surface area (Å²) in [5.41, 5.74) is 1.45. The Morgan fingerprint density at radius 1 is 1.29 bits per heavy atom. The number of hydrogen-bond acceptors (Lipinski definition) is 6. The number of rotatable bonds is 6. The number of halogens is 1. The van der Waals surface area contributed by atoms with Crippen molar-refractivity contribution < 1.29 is 19.0 Å². The second-order valence-corrected chi connectivity index (χ2v) is 8.14. The smallest absolute Gasteiger partial charge is 0.354 e. The van der Waals surface area contributed by atoms with Gasteiger partial charge >= 0.3 is 5.97 Å². The Bertz CT molecular complexity index is 1030. The SMILES string of the molecule is CCOc1cc(C(=S)N2CCOCC2)cc(I)c1OC(=O)/C(C#N)=C/c1ccccc1. The standard InChI is InChI=1S/C23H21IN2O4S/c1-2-29-20-14-17(22(31)26-8-10-28-11-9-26)13-19(24)21(20)30-23(27)18(15-25)12-16-6-4-3-5-7-16/h3-7,12-14H,2,8-11H2,1H3/b18-12+. The molecule has 2 aromatic rings. The van der Waals surface area contributed by atoms with Crippen molar-refractivity contribution in [3.63, 3.8) is 0 Å². The van der Waals surface area contributed by atoms with Crippen molar-refractivity contribution in [3.05, 3.63) is 62.7 Å². The van der Waals surface area contributed by atoms with Gasteiger partial charge in [0.2, 0.25) is 0 Å². The van der Waals surface area contributed by atoms with Gasteiger partial charge in [0.05, 0.1) is 23.4 Å². The summed E-state index contributed by atoms with van der Waals surface area (Å²) in [5.74, 6) is -0.0609. The second kappa shape index (κ2) is 11.2.